The van der Waals surface area contributed by atoms with Gasteiger partial charge in [0.1, 0.15) is 6.54 Å². The van der Waals surface area contributed by atoms with Crippen LogP contribution in [0, 0.1) is 13.8 Å². The number of anilines is 2. The second-order valence-electron chi connectivity index (χ2n) is 4.25. The summed E-state index contributed by atoms with van der Waals surface area (Å²) in [6, 6.07) is 7.26. The Balaban J connectivity index is 2.05. The summed E-state index contributed by atoms with van der Waals surface area (Å²) < 4.78 is 1.65. The number of nitrogens with two attached hydrogens (primary N) is 1. The fourth-order valence-electron chi connectivity index (χ4n) is 1.72. The highest BCUT2D eigenvalue weighted by Gasteiger charge is 2.07. The number of carbonyl (C=O) groups is 1. The van der Waals surface area contributed by atoms with Gasteiger partial charge < -0.3 is 11.1 Å². The molecule has 2 rings (SSSR count). The summed E-state index contributed by atoms with van der Waals surface area (Å²) in [5.41, 5.74) is 9.03. The molecular weight excluding hydrogens is 228 g/mol. The molecule has 0 saturated carbocycles. The molecule has 18 heavy (non-hydrogen) atoms. The maximum Gasteiger partial charge on any atom is 0.246 e. The molecule has 0 bridgehead atoms. The Morgan fingerprint density at radius 3 is 2.78 bits per heavy atom. The van der Waals surface area contributed by atoms with E-state index in [9.17, 15) is 4.79 Å². The Bertz CT molecular complexity index is 574. The number of hydrogen-bond donors (Lipinski definition) is 2. The van der Waals surface area contributed by atoms with E-state index in [0.29, 0.717) is 5.69 Å². The van der Waals surface area contributed by atoms with Crippen molar-refractivity contribution in [3.8, 4) is 0 Å². The van der Waals surface area contributed by atoms with Crippen molar-refractivity contribution in [2.75, 3.05) is 11.1 Å². The fourth-order valence-corrected chi connectivity index (χ4v) is 1.72. The monoisotopic (exact) mass is 244 g/mol. The topological polar surface area (TPSA) is 72.9 Å². The molecule has 5 heteroatoms. The van der Waals surface area contributed by atoms with E-state index in [1.807, 2.05) is 26.0 Å². The van der Waals surface area contributed by atoms with E-state index in [2.05, 4.69) is 10.4 Å². The predicted molar refractivity (Wildman–Crippen MR) is 71.2 cm³/mol. The Labute approximate surface area is 106 Å². The highest BCUT2D eigenvalue weighted by atomic mass is 16.2. The van der Waals surface area contributed by atoms with Crippen LogP contribution in [-0.4, -0.2) is 15.7 Å². The van der Waals surface area contributed by atoms with Gasteiger partial charge in [-0.05, 0) is 43.7 Å². The minimum atomic E-state index is -0.102. The zero-order chi connectivity index (χ0) is 13.1. The summed E-state index contributed by atoms with van der Waals surface area (Å²) >= 11 is 0. The van der Waals surface area contributed by atoms with E-state index < -0.39 is 0 Å². The number of nitrogens with zero attached hydrogens (tertiary/aromatic N) is 2. The van der Waals surface area contributed by atoms with Crippen molar-refractivity contribution >= 4 is 17.3 Å². The van der Waals surface area contributed by atoms with E-state index in [-0.39, 0.29) is 12.5 Å². The molecule has 0 saturated heterocycles. The summed E-state index contributed by atoms with van der Waals surface area (Å²) in [4.78, 5) is 11.9. The molecule has 2 aromatic rings. The third kappa shape index (κ3) is 2.68. The molecule has 94 valence electrons. The lowest BCUT2D eigenvalue weighted by Crippen LogP contribution is -2.20. The molecule has 0 aliphatic rings. The molecule has 0 spiro atoms. The quantitative estimate of drug-likeness (QED) is 0.807. The summed E-state index contributed by atoms with van der Waals surface area (Å²) in [5, 5.41) is 6.92. The second-order valence-corrected chi connectivity index (χ2v) is 4.25. The smallest absolute Gasteiger partial charge is 0.246 e. The lowest BCUT2D eigenvalue weighted by Gasteiger charge is -2.09. The maximum absolute atomic E-state index is 11.9. The molecule has 3 N–H and O–H groups in total. The first-order chi connectivity index (χ1) is 8.56. The van der Waals surface area contributed by atoms with Crippen LogP contribution in [0.25, 0.3) is 0 Å². The van der Waals surface area contributed by atoms with E-state index in [0.717, 1.165) is 16.9 Å². The Morgan fingerprint density at radius 2 is 2.17 bits per heavy atom. The normalized spacial score (nSPS) is 10.3. The summed E-state index contributed by atoms with van der Waals surface area (Å²) in [6.07, 6.45) is 1.68. The minimum absolute atomic E-state index is 0.102. The molecule has 0 aliphatic heterocycles. The Morgan fingerprint density at radius 1 is 1.39 bits per heavy atom. The number of aryl methyl sites for hydroxylation is 2. The molecule has 1 amide bonds. The summed E-state index contributed by atoms with van der Waals surface area (Å²) in [7, 11) is 0. The maximum atomic E-state index is 11.9. The van der Waals surface area contributed by atoms with Crippen LogP contribution in [0.4, 0.5) is 11.4 Å². The van der Waals surface area contributed by atoms with Crippen LogP contribution in [0.5, 0.6) is 0 Å². The van der Waals surface area contributed by atoms with Gasteiger partial charge in [-0.15, -0.1) is 0 Å². The predicted octanol–water partition coefficient (Wildman–Crippen LogP) is 1.72. The average molecular weight is 244 g/mol. The van der Waals surface area contributed by atoms with Crippen LogP contribution in [0.15, 0.2) is 30.5 Å². The van der Waals surface area contributed by atoms with Gasteiger partial charge in [-0.3, -0.25) is 9.48 Å². The van der Waals surface area contributed by atoms with Crippen molar-refractivity contribution in [2.24, 2.45) is 0 Å². The average Bonchev–Trinajstić information content (AvgIpc) is 2.69. The lowest BCUT2D eigenvalue weighted by molar-refractivity contribution is -0.116. The van der Waals surface area contributed by atoms with E-state index in [4.69, 9.17) is 5.73 Å². The largest absolute Gasteiger partial charge is 0.399 e. The Kier molecular flexibility index (Phi) is 3.32. The lowest BCUT2D eigenvalue weighted by atomic mass is 10.2. The van der Waals surface area contributed by atoms with Gasteiger partial charge in [0.25, 0.3) is 0 Å². The van der Waals surface area contributed by atoms with Crippen LogP contribution in [0.2, 0.25) is 0 Å². The van der Waals surface area contributed by atoms with Gasteiger partial charge in [0.05, 0.1) is 0 Å². The van der Waals surface area contributed by atoms with Crippen molar-refractivity contribution in [3.63, 3.8) is 0 Å². The molecular formula is C13H16N4O. The number of amides is 1. The molecule has 5 nitrogen and oxygen atoms in total. The van der Waals surface area contributed by atoms with Crippen molar-refractivity contribution < 1.29 is 4.79 Å². The SMILES string of the molecule is Cc1cc(N)ccc1NC(=O)Cn1nccc1C. The van der Waals surface area contributed by atoms with Crippen LogP contribution >= 0.6 is 0 Å². The first kappa shape index (κ1) is 12.2. The van der Waals surface area contributed by atoms with Crippen LogP contribution < -0.4 is 11.1 Å². The van der Waals surface area contributed by atoms with Crippen LogP contribution in [0.1, 0.15) is 11.3 Å². The number of carbonyl (C=O) groups excluding carboxylic acids is 1. The molecule has 1 aromatic heterocycles. The van der Waals surface area contributed by atoms with Crippen LogP contribution in [-0.2, 0) is 11.3 Å². The van der Waals surface area contributed by atoms with Gasteiger partial charge in [-0.25, -0.2) is 0 Å². The number of hydrogen-bond acceptors (Lipinski definition) is 3. The minimum Gasteiger partial charge on any atom is -0.399 e. The summed E-state index contributed by atoms with van der Waals surface area (Å²) in [5.74, 6) is -0.102. The van der Waals surface area contributed by atoms with Gasteiger partial charge in [0.15, 0.2) is 0 Å². The zero-order valence-electron chi connectivity index (χ0n) is 10.5. The van der Waals surface area contributed by atoms with Gasteiger partial charge in [-0.2, -0.15) is 5.10 Å². The molecule has 0 atom stereocenters. The third-order valence-electron chi connectivity index (χ3n) is 2.75. The molecule has 1 aromatic carbocycles. The van der Waals surface area contributed by atoms with Crippen molar-refractivity contribution in [3.05, 3.63) is 41.7 Å². The molecule has 0 radical (unpaired) electrons. The molecule has 0 aliphatic carbocycles. The number of rotatable bonds is 3. The van der Waals surface area contributed by atoms with Crippen LogP contribution in [0.3, 0.4) is 0 Å². The third-order valence-corrected chi connectivity index (χ3v) is 2.75. The number of aromatic nitrogens is 2. The van der Waals surface area contributed by atoms with Gasteiger partial charge in [0, 0.05) is 23.3 Å². The van der Waals surface area contributed by atoms with Gasteiger partial charge >= 0.3 is 0 Å². The first-order valence-corrected chi connectivity index (χ1v) is 5.70. The van der Waals surface area contributed by atoms with Crippen molar-refractivity contribution in [2.45, 2.75) is 20.4 Å². The zero-order valence-corrected chi connectivity index (χ0v) is 10.5. The van der Waals surface area contributed by atoms with Crippen molar-refractivity contribution in [1.82, 2.24) is 9.78 Å². The van der Waals surface area contributed by atoms with Gasteiger partial charge in [-0.1, -0.05) is 0 Å². The number of nitrogen functional groups attached to an aromatic ring is 1. The second kappa shape index (κ2) is 4.91. The number of benzene rings is 1. The molecule has 1 heterocycles. The highest BCUT2D eigenvalue weighted by molar-refractivity contribution is 5.91. The fraction of sp³-hybridized carbons (Fsp3) is 0.231. The first-order valence-electron chi connectivity index (χ1n) is 5.70. The van der Waals surface area contributed by atoms with E-state index >= 15 is 0 Å². The van der Waals surface area contributed by atoms with Crippen molar-refractivity contribution in [1.29, 1.82) is 0 Å². The van der Waals surface area contributed by atoms with E-state index in [1.165, 1.54) is 0 Å². The summed E-state index contributed by atoms with van der Waals surface area (Å²) in [6.45, 7) is 4.03. The Hall–Kier alpha value is -2.30. The number of nitrogens with one attached hydrogen (secondary N) is 1. The standard InChI is InChI=1S/C13H16N4O/c1-9-7-11(14)3-4-12(9)16-13(18)8-17-10(2)5-6-15-17/h3-7H,8,14H2,1-2H3,(H,16,18). The van der Waals surface area contributed by atoms with E-state index in [1.54, 1.807) is 23.0 Å². The highest BCUT2D eigenvalue weighted by Crippen LogP contribution is 2.17. The van der Waals surface area contributed by atoms with Gasteiger partial charge in [0.2, 0.25) is 5.91 Å². The molecule has 0 unspecified atom stereocenters. The molecule has 0 fully saturated rings.